The summed E-state index contributed by atoms with van der Waals surface area (Å²) in [7, 11) is 1.67. The van der Waals surface area contributed by atoms with E-state index in [1.54, 1.807) is 18.4 Å². The molecule has 2 fully saturated rings. The number of carbonyl (C=O) groups excluding carboxylic acids is 1. The van der Waals surface area contributed by atoms with Gasteiger partial charge in [-0.15, -0.1) is 11.3 Å². The summed E-state index contributed by atoms with van der Waals surface area (Å²) in [5.74, 6) is 1.97. The average molecular weight is 494 g/mol. The molecule has 5 nitrogen and oxygen atoms in total. The molecule has 1 saturated carbocycles. The molecule has 0 amide bonds. The van der Waals surface area contributed by atoms with E-state index in [1.165, 1.54) is 32.4 Å². The molecule has 0 bridgehead atoms. The summed E-state index contributed by atoms with van der Waals surface area (Å²) in [6.07, 6.45) is 7.09. The molecular weight excluding hydrogens is 458 g/mol. The lowest BCUT2D eigenvalue weighted by molar-refractivity contribution is 0.103. The van der Waals surface area contributed by atoms with E-state index in [2.05, 4.69) is 4.90 Å². The third-order valence-corrected chi connectivity index (χ3v) is 8.78. The summed E-state index contributed by atoms with van der Waals surface area (Å²) in [6.45, 7) is 3.95. The molecule has 1 saturated heterocycles. The Labute approximate surface area is 211 Å². The van der Waals surface area contributed by atoms with Crippen molar-refractivity contribution in [1.29, 1.82) is 0 Å². The van der Waals surface area contributed by atoms with Crippen LogP contribution < -0.4 is 9.47 Å². The molecule has 186 valence electrons. The number of carbonyl (C=O) groups is 1. The van der Waals surface area contributed by atoms with E-state index in [-0.39, 0.29) is 11.9 Å². The van der Waals surface area contributed by atoms with Crippen LogP contribution in [-0.2, 0) is 0 Å². The standard InChI is InChI=1S/C29H35NO4S/c1-33-24-13-14-25-26(19-24)35-29(21-5-9-22(31)10-6-21)27(25)28(32)20-7-11-23(12-8-20)34-18-17-30-15-3-2-4-16-30/h7-8,11-14,19,21-22,31H,2-6,9-10,15-18H2,1H3. The average Bonchev–Trinajstić information content (AvgIpc) is 3.28. The number of piperidine rings is 1. The molecule has 1 aliphatic carbocycles. The van der Waals surface area contributed by atoms with Gasteiger partial charge >= 0.3 is 0 Å². The summed E-state index contributed by atoms with van der Waals surface area (Å²) in [6, 6.07) is 13.6. The molecule has 0 radical (unpaired) electrons. The van der Waals surface area contributed by atoms with Crippen molar-refractivity contribution in [3.8, 4) is 11.5 Å². The van der Waals surface area contributed by atoms with Crippen molar-refractivity contribution in [2.75, 3.05) is 33.4 Å². The van der Waals surface area contributed by atoms with Crippen LogP contribution in [0.15, 0.2) is 42.5 Å². The Morgan fingerprint density at radius 1 is 1.00 bits per heavy atom. The largest absolute Gasteiger partial charge is 0.497 e. The first-order chi connectivity index (χ1) is 17.1. The molecule has 0 spiro atoms. The van der Waals surface area contributed by atoms with Gasteiger partial charge < -0.3 is 14.6 Å². The van der Waals surface area contributed by atoms with Gasteiger partial charge in [-0.1, -0.05) is 6.42 Å². The zero-order valence-electron chi connectivity index (χ0n) is 20.5. The van der Waals surface area contributed by atoms with Crippen molar-refractivity contribution in [3.05, 3.63) is 58.5 Å². The normalized spacial score (nSPS) is 21.2. The quantitative estimate of drug-likeness (QED) is 0.389. The number of hydrogen-bond acceptors (Lipinski definition) is 6. The number of nitrogens with zero attached hydrogens (tertiary/aromatic N) is 1. The smallest absolute Gasteiger partial charge is 0.194 e. The highest BCUT2D eigenvalue weighted by Crippen LogP contribution is 2.44. The maximum absolute atomic E-state index is 13.8. The number of aliphatic hydroxyl groups is 1. The van der Waals surface area contributed by atoms with Crippen LogP contribution in [0, 0.1) is 0 Å². The summed E-state index contributed by atoms with van der Waals surface area (Å²) >= 11 is 1.70. The number of thiophene rings is 1. The molecular formula is C29H35NO4S. The van der Waals surface area contributed by atoms with E-state index >= 15 is 0 Å². The molecule has 2 aliphatic rings. The second kappa shape index (κ2) is 11.1. The lowest BCUT2D eigenvalue weighted by Crippen LogP contribution is -2.33. The fraction of sp³-hybridized carbons (Fsp3) is 0.483. The Bertz CT molecular complexity index is 1140. The van der Waals surface area contributed by atoms with Crippen molar-refractivity contribution in [1.82, 2.24) is 4.90 Å². The van der Waals surface area contributed by atoms with Crippen molar-refractivity contribution >= 4 is 27.2 Å². The molecule has 2 aromatic carbocycles. The first kappa shape index (κ1) is 24.3. The second-order valence-corrected chi connectivity index (χ2v) is 10.9. The zero-order valence-corrected chi connectivity index (χ0v) is 21.3. The Balaban J connectivity index is 1.35. The minimum Gasteiger partial charge on any atom is -0.497 e. The Hall–Kier alpha value is -2.41. The molecule has 0 unspecified atom stereocenters. The number of ether oxygens (including phenoxy) is 2. The molecule has 2 heterocycles. The molecule has 6 heteroatoms. The van der Waals surface area contributed by atoms with Gasteiger partial charge in [0.05, 0.1) is 13.2 Å². The third kappa shape index (κ3) is 5.55. The number of fused-ring (bicyclic) bond motifs is 1. The monoisotopic (exact) mass is 493 g/mol. The van der Waals surface area contributed by atoms with Crippen LogP contribution in [0.2, 0.25) is 0 Å². The van der Waals surface area contributed by atoms with Crippen molar-refractivity contribution in [3.63, 3.8) is 0 Å². The molecule has 5 rings (SSSR count). The molecule has 35 heavy (non-hydrogen) atoms. The lowest BCUT2D eigenvalue weighted by atomic mass is 9.84. The van der Waals surface area contributed by atoms with Gasteiger partial charge in [-0.05, 0) is 100.0 Å². The number of rotatable bonds is 8. The van der Waals surface area contributed by atoms with Crippen LogP contribution in [0.3, 0.4) is 0 Å². The van der Waals surface area contributed by atoms with E-state index in [1.807, 2.05) is 42.5 Å². The van der Waals surface area contributed by atoms with Crippen LogP contribution in [-0.4, -0.2) is 55.2 Å². The highest BCUT2D eigenvalue weighted by molar-refractivity contribution is 7.19. The van der Waals surface area contributed by atoms with Crippen LogP contribution in [0.4, 0.5) is 0 Å². The molecule has 3 aromatic rings. The molecule has 1 aliphatic heterocycles. The lowest BCUT2D eigenvalue weighted by Gasteiger charge is -2.26. The molecule has 0 atom stereocenters. The summed E-state index contributed by atoms with van der Waals surface area (Å²) < 4.78 is 12.5. The minimum atomic E-state index is -0.220. The van der Waals surface area contributed by atoms with Gasteiger partial charge in [0.2, 0.25) is 0 Å². The Kier molecular flexibility index (Phi) is 7.71. The fourth-order valence-corrected chi connectivity index (χ4v) is 6.80. The van der Waals surface area contributed by atoms with E-state index in [0.29, 0.717) is 18.1 Å². The van der Waals surface area contributed by atoms with Gasteiger partial charge in [0.25, 0.3) is 0 Å². The SMILES string of the molecule is COc1ccc2c(C(=O)c3ccc(OCCN4CCCCC4)cc3)c(C3CCC(O)CC3)sc2c1. The summed E-state index contributed by atoms with van der Waals surface area (Å²) in [5.41, 5.74) is 1.49. The molecule has 1 N–H and O–H groups in total. The number of ketones is 1. The third-order valence-electron chi connectivity index (χ3n) is 7.46. The van der Waals surface area contributed by atoms with Crippen LogP contribution in [0.25, 0.3) is 10.1 Å². The van der Waals surface area contributed by atoms with E-state index in [0.717, 1.165) is 64.3 Å². The molecule has 1 aromatic heterocycles. The van der Waals surface area contributed by atoms with Crippen molar-refractivity contribution < 1.29 is 19.4 Å². The zero-order chi connectivity index (χ0) is 24.2. The number of hydrogen-bond donors (Lipinski definition) is 1. The summed E-state index contributed by atoms with van der Waals surface area (Å²) in [5, 5.41) is 11.0. The number of likely N-dealkylation sites (tertiary alicyclic amines) is 1. The van der Waals surface area contributed by atoms with E-state index in [9.17, 15) is 9.90 Å². The van der Waals surface area contributed by atoms with Crippen LogP contribution in [0.1, 0.15) is 71.7 Å². The number of benzene rings is 2. The van der Waals surface area contributed by atoms with Crippen molar-refractivity contribution in [2.24, 2.45) is 0 Å². The topological polar surface area (TPSA) is 59.0 Å². The van der Waals surface area contributed by atoms with Crippen LogP contribution >= 0.6 is 11.3 Å². The maximum atomic E-state index is 13.8. The van der Waals surface area contributed by atoms with Gasteiger partial charge in [-0.2, -0.15) is 0 Å². The highest BCUT2D eigenvalue weighted by Gasteiger charge is 2.29. The van der Waals surface area contributed by atoms with E-state index < -0.39 is 0 Å². The first-order valence-electron chi connectivity index (χ1n) is 12.9. The second-order valence-electron chi connectivity index (χ2n) is 9.81. The van der Waals surface area contributed by atoms with Gasteiger partial charge in [-0.3, -0.25) is 9.69 Å². The maximum Gasteiger partial charge on any atom is 0.194 e. The van der Waals surface area contributed by atoms with Gasteiger partial charge in [0, 0.05) is 32.6 Å². The Morgan fingerprint density at radius 2 is 1.71 bits per heavy atom. The number of aliphatic hydroxyl groups excluding tert-OH is 1. The highest BCUT2D eigenvalue weighted by atomic mass is 32.1. The predicted octanol–water partition coefficient (Wildman–Crippen LogP) is 6.02. The van der Waals surface area contributed by atoms with Crippen molar-refractivity contribution in [2.45, 2.75) is 57.0 Å². The van der Waals surface area contributed by atoms with Gasteiger partial charge in [0.1, 0.15) is 18.1 Å². The van der Waals surface area contributed by atoms with Gasteiger partial charge in [-0.25, -0.2) is 0 Å². The summed E-state index contributed by atoms with van der Waals surface area (Å²) in [4.78, 5) is 17.4. The van der Waals surface area contributed by atoms with Crippen LogP contribution in [0.5, 0.6) is 11.5 Å². The fourth-order valence-electron chi connectivity index (χ4n) is 5.40. The minimum absolute atomic E-state index is 0.0578. The predicted molar refractivity (Wildman–Crippen MR) is 141 cm³/mol. The van der Waals surface area contributed by atoms with Gasteiger partial charge in [0.15, 0.2) is 5.78 Å². The first-order valence-corrected chi connectivity index (χ1v) is 13.7. The number of methoxy groups -OCH3 is 1. The Morgan fingerprint density at radius 3 is 2.43 bits per heavy atom. The van der Waals surface area contributed by atoms with E-state index in [4.69, 9.17) is 9.47 Å².